The van der Waals surface area contributed by atoms with E-state index in [9.17, 15) is 0 Å². The molecule has 2 rings (SSSR count). The Labute approximate surface area is 104 Å². The number of nitrogens with one attached hydrogen (secondary N) is 1. The Bertz CT molecular complexity index is 338. The maximum absolute atomic E-state index is 5.54. The first kappa shape index (κ1) is 12.7. The van der Waals surface area contributed by atoms with Crippen LogP contribution in [0.5, 0.6) is 0 Å². The van der Waals surface area contributed by atoms with E-state index in [-0.39, 0.29) is 0 Å². The molecule has 2 heterocycles. The van der Waals surface area contributed by atoms with Crippen LogP contribution in [-0.2, 0) is 13.1 Å². The zero-order chi connectivity index (χ0) is 12.3. The number of furan rings is 1. The van der Waals surface area contributed by atoms with Crippen molar-refractivity contribution in [1.29, 1.82) is 0 Å². The van der Waals surface area contributed by atoms with Crippen LogP contribution in [0.25, 0.3) is 0 Å². The maximum atomic E-state index is 5.54. The minimum Gasteiger partial charge on any atom is -0.468 e. The highest BCUT2D eigenvalue weighted by molar-refractivity contribution is 5.17. The zero-order valence-corrected chi connectivity index (χ0v) is 11.2. The van der Waals surface area contributed by atoms with E-state index < -0.39 is 0 Å². The lowest BCUT2D eigenvalue weighted by atomic mass is 10.0. The van der Waals surface area contributed by atoms with E-state index in [1.807, 2.05) is 6.26 Å². The van der Waals surface area contributed by atoms with Crippen molar-refractivity contribution in [1.82, 2.24) is 10.2 Å². The zero-order valence-electron chi connectivity index (χ0n) is 11.2. The average molecular weight is 236 g/mol. The monoisotopic (exact) mass is 236 g/mol. The quantitative estimate of drug-likeness (QED) is 0.851. The van der Waals surface area contributed by atoms with Gasteiger partial charge in [0.15, 0.2) is 0 Å². The summed E-state index contributed by atoms with van der Waals surface area (Å²) in [4.78, 5) is 2.54. The normalized spacial score (nSPS) is 25.6. The highest BCUT2D eigenvalue weighted by Gasteiger charge is 2.26. The predicted octanol–water partition coefficient (Wildman–Crippen LogP) is 2.48. The van der Waals surface area contributed by atoms with Crippen LogP contribution in [0.15, 0.2) is 16.7 Å². The van der Waals surface area contributed by atoms with Crippen LogP contribution in [0.4, 0.5) is 0 Å². The molecule has 1 aromatic heterocycles. The molecule has 1 fully saturated rings. The fourth-order valence-corrected chi connectivity index (χ4v) is 2.52. The third-order valence-corrected chi connectivity index (χ3v) is 3.83. The van der Waals surface area contributed by atoms with Crippen molar-refractivity contribution in [2.75, 3.05) is 19.6 Å². The van der Waals surface area contributed by atoms with Gasteiger partial charge in [0.05, 0.1) is 12.8 Å². The third-order valence-electron chi connectivity index (χ3n) is 3.83. The van der Waals surface area contributed by atoms with Gasteiger partial charge in [0.25, 0.3) is 0 Å². The highest BCUT2D eigenvalue weighted by Crippen LogP contribution is 2.24. The van der Waals surface area contributed by atoms with Gasteiger partial charge in [-0.15, -0.1) is 0 Å². The Balaban J connectivity index is 1.92. The fraction of sp³-hybridized carbons (Fsp3) is 0.714. The summed E-state index contributed by atoms with van der Waals surface area (Å²) in [5, 5.41) is 3.32. The fourth-order valence-electron chi connectivity index (χ4n) is 2.52. The van der Waals surface area contributed by atoms with Crippen molar-refractivity contribution in [3.8, 4) is 0 Å². The highest BCUT2D eigenvalue weighted by atomic mass is 16.3. The van der Waals surface area contributed by atoms with Crippen molar-refractivity contribution < 1.29 is 4.42 Å². The molecule has 0 radical (unpaired) electrons. The maximum Gasteiger partial charge on any atom is 0.122 e. The van der Waals surface area contributed by atoms with Crippen LogP contribution >= 0.6 is 0 Å². The lowest BCUT2D eigenvalue weighted by Crippen LogP contribution is -2.21. The number of hydrogen-bond donors (Lipinski definition) is 1. The van der Waals surface area contributed by atoms with E-state index in [1.54, 1.807) is 0 Å². The van der Waals surface area contributed by atoms with Crippen molar-refractivity contribution in [3.63, 3.8) is 0 Å². The standard InChI is InChI=1S/C14H24N2O/c1-4-15-7-14-13(5-6-17-14)10-16-8-11(2)12(3)9-16/h5-6,11-12,15H,4,7-10H2,1-3H3. The molecular weight excluding hydrogens is 212 g/mol. The second-order valence-corrected chi connectivity index (χ2v) is 5.30. The van der Waals surface area contributed by atoms with E-state index in [1.165, 1.54) is 18.7 Å². The van der Waals surface area contributed by atoms with Crippen molar-refractivity contribution in [2.45, 2.75) is 33.9 Å². The molecule has 0 aromatic carbocycles. The minimum absolute atomic E-state index is 0.819. The van der Waals surface area contributed by atoms with Crippen LogP contribution in [0.3, 0.4) is 0 Å². The Hall–Kier alpha value is -0.800. The van der Waals surface area contributed by atoms with Crippen LogP contribution in [0.2, 0.25) is 0 Å². The summed E-state index contributed by atoms with van der Waals surface area (Å²) in [6, 6.07) is 2.11. The van der Waals surface area contributed by atoms with Gasteiger partial charge in [0.1, 0.15) is 5.76 Å². The molecule has 0 amide bonds. The predicted molar refractivity (Wildman–Crippen MR) is 69.7 cm³/mol. The first-order valence-electron chi connectivity index (χ1n) is 6.69. The lowest BCUT2D eigenvalue weighted by molar-refractivity contribution is 0.312. The Morgan fingerprint density at radius 2 is 2.06 bits per heavy atom. The van der Waals surface area contributed by atoms with E-state index in [0.29, 0.717) is 0 Å². The van der Waals surface area contributed by atoms with Crippen LogP contribution in [0, 0.1) is 11.8 Å². The summed E-state index contributed by atoms with van der Waals surface area (Å²) in [6.45, 7) is 12.1. The summed E-state index contributed by atoms with van der Waals surface area (Å²) in [7, 11) is 0. The molecule has 2 unspecified atom stereocenters. The molecule has 0 aliphatic carbocycles. The summed E-state index contributed by atoms with van der Waals surface area (Å²) in [5.74, 6) is 2.73. The van der Waals surface area contributed by atoms with Gasteiger partial charge >= 0.3 is 0 Å². The topological polar surface area (TPSA) is 28.4 Å². The van der Waals surface area contributed by atoms with E-state index in [0.717, 1.165) is 37.2 Å². The number of hydrogen-bond acceptors (Lipinski definition) is 3. The van der Waals surface area contributed by atoms with Crippen LogP contribution in [0.1, 0.15) is 32.1 Å². The van der Waals surface area contributed by atoms with E-state index in [2.05, 4.69) is 37.1 Å². The molecular formula is C14H24N2O. The largest absolute Gasteiger partial charge is 0.468 e. The average Bonchev–Trinajstić information content (AvgIpc) is 2.85. The lowest BCUT2D eigenvalue weighted by Gasteiger charge is -2.15. The molecule has 0 bridgehead atoms. The van der Waals surface area contributed by atoms with Gasteiger partial charge < -0.3 is 9.73 Å². The number of rotatable bonds is 5. The van der Waals surface area contributed by atoms with Gasteiger partial charge in [-0.3, -0.25) is 4.90 Å². The van der Waals surface area contributed by atoms with Crippen molar-refractivity contribution in [2.24, 2.45) is 11.8 Å². The summed E-state index contributed by atoms with van der Waals surface area (Å²) in [6.07, 6.45) is 1.81. The van der Waals surface area contributed by atoms with E-state index >= 15 is 0 Å². The van der Waals surface area contributed by atoms with Crippen molar-refractivity contribution >= 4 is 0 Å². The molecule has 0 spiro atoms. The number of nitrogens with zero attached hydrogens (tertiary/aromatic N) is 1. The van der Waals surface area contributed by atoms with Gasteiger partial charge in [0.2, 0.25) is 0 Å². The number of likely N-dealkylation sites (tertiary alicyclic amines) is 1. The molecule has 2 atom stereocenters. The van der Waals surface area contributed by atoms with Gasteiger partial charge in [-0.25, -0.2) is 0 Å². The second kappa shape index (κ2) is 5.69. The molecule has 1 aromatic rings. The molecule has 1 aliphatic rings. The third kappa shape index (κ3) is 3.11. The second-order valence-electron chi connectivity index (χ2n) is 5.30. The van der Waals surface area contributed by atoms with Gasteiger partial charge in [0, 0.05) is 25.2 Å². The molecule has 17 heavy (non-hydrogen) atoms. The molecule has 1 aliphatic heterocycles. The molecule has 1 saturated heterocycles. The Morgan fingerprint density at radius 3 is 2.71 bits per heavy atom. The smallest absolute Gasteiger partial charge is 0.122 e. The SMILES string of the molecule is CCNCc1occc1CN1CC(C)C(C)C1. The first-order valence-corrected chi connectivity index (χ1v) is 6.69. The minimum atomic E-state index is 0.819. The molecule has 0 saturated carbocycles. The van der Waals surface area contributed by atoms with Gasteiger partial charge in [-0.1, -0.05) is 20.8 Å². The van der Waals surface area contributed by atoms with E-state index in [4.69, 9.17) is 4.42 Å². The Kier molecular flexibility index (Phi) is 4.24. The Morgan fingerprint density at radius 1 is 1.35 bits per heavy atom. The van der Waals surface area contributed by atoms with Crippen molar-refractivity contribution in [3.05, 3.63) is 23.7 Å². The van der Waals surface area contributed by atoms with Crippen LogP contribution in [-0.4, -0.2) is 24.5 Å². The molecule has 1 N–H and O–H groups in total. The summed E-state index contributed by atoms with van der Waals surface area (Å²) in [5.41, 5.74) is 1.34. The van der Waals surface area contributed by atoms with Crippen LogP contribution < -0.4 is 5.32 Å². The first-order chi connectivity index (χ1) is 8.20. The van der Waals surface area contributed by atoms with Gasteiger partial charge in [-0.2, -0.15) is 0 Å². The molecule has 3 heteroatoms. The molecule has 96 valence electrons. The van der Waals surface area contributed by atoms with Gasteiger partial charge in [-0.05, 0) is 24.4 Å². The molecule has 3 nitrogen and oxygen atoms in total. The summed E-state index contributed by atoms with van der Waals surface area (Å²) >= 11 is 0. The summed E-state index contributed by atoms with van der Waals surface area (Å²) < 4.78 is 5.54.